The average Bonchev–Trinajstić information content (AvgIpc) is 2.74. The summed E-state index contributed by atoms with van der Waals surface area (Å²) >= 11 is 0. The van der Waals surface area contributed by atoms with E-state index in [0.29, 0.717) is 17.9 Å². The van der Waals surface area contributed by atoms with E-state index < -0.39 is 5.91 Å². The molecule has 0 aliphatic carbocycles. The average molecular weight is 370 g/mol. The molecule has 0 aliphatic rings. The summed E-state index contributed by atoms with van der Waals surface area (Å²) in [6, 6.07) is 25.0. The van der Waals surface area contributed by atoms with Crippen LogP contribution in [0.3, 0.4) is 0 Å². The molecular weight excluding hydrogens is 352 g/mol. The molecule has 3 N–H and O–H groups in total. The fraction of sp³-hybridized carbons (Fsp3) is 0.0455. The highest BCUT2D eigenvalue weighted by Crippen LogP contribution is 2.25. The van der Waals surface area contributed by atoms with Crippen LogP contribution < -0.4 is 15.8 Å². The molecule has 0 saturated carbocycles. The Labute approximate surface area is 162 Å². The molecule has 6 heteroatoms. The predicted octanol–water partition coefficient (Wildman–Crippen LogP) is 4.05. The van der Waals surface area contributed by atoms with Gasteiger partial charge in [0.05, 0.1) is 5.52 Å². The van der Waals surface area contributed by atoms with Crippen molar-refractivity contribution in [2.75, 3.05) is 5.32 Å². The summed E-state index contributed by atoms with van der Waals surface area (Å²) in [5, 5.41) is 4.03. The topological polar surface area (TPSA) is 90.1 Å². The van der Waals surface area contributed by atoms with E-state index in [1.807, 2.05) is 78.9 Å². The van der Waals surface area contributed by atoms with Crippen LogP contribution >= 0.6 is 0 Å². The molecule has 0 saturated heterocycles. The van der Waals surface area contributed by atoms with Gasteiger partial charge >= 0.3 is 0 Å². The lowest BCUT2D eigenvalue weighted by Crippen LogP contribution is -2.16. The minimum Gasteiger partial charge on any atom is -0.489 e. The third kappa shape index (κ3) is 3.91. The largest absolute Gasteiger partial charge is 0.489 e. The van der Waals surface area contributed by atoms with Crippen molar-refractivity contribution >= 4 is 28.3 Å². The summed E-state index contributed by atoms with van der Waals surface area (Å²) in [5.41, 5.74) is 7.93. The normalized spacial score (nSPS) is 10.6. The van der Waals surface area contributed by atoms with Crippen molar-refractivity contribution < 1.29 is 9.53 Å². The number of anilines is 2. The maximum Gasteiger partial charge on any atom is 0.286 e. The highest BCUT2D eigenvalue weighted by molar-refractivity contribution is 5.96. The first kappa shape index (κ1) is 17.5. The van der Waals surface area contributed by atoms with Crippen LogP contribution in [0.2, 0.25) is 0 Å². The van der Waals surface area contributed by atoms with Gasteiger partial charge in [0, 0.05) is 11.1 Å². The molecule has 0 radical (unpaired) electrons. The van der Waals surface area contributed by atoms with Gasteiger partial charge in [0.2, 0.25) is 5.82 Å². The standard InChI is InChI=1S/C22H18N4O2/c23-20(27)22-25-19-9-5-4-8-18(19)21(26-22)24-16-10-12-17(13-11-16)28-14-15-6-2-1-3-7-15/h1-13H,14H2,(H2,23,27)(H,24,25,26). The molecular formula is C22H18N4O2. The number of carbonyl (C=O) groups excluding carboxylic acids is 1. The summed E-state index contributed by atoms with van der Waals surface area (Å²) in [4.78, 5) is 20.0. The summed E-state index contributed by atoms with van der Waals surface area (Å²) in [6.45, 7) is 0.506. The zero-order chi connectivity index (χ0) is 19.3. The number of ether oxygens (including phenoxy) is 1. The van der Waals surface area contributed by atoms with Crippen molar-refractivity contribution in [3.8, 4) is 5.75 Å². The van der Waals surface area contributed by atoms with E-state index in [4.69, 9.17) is 10.5 Å². The van der Waals surface area contributed by atoms with Crippen LogP contribution in [0.5, 0.6) is 5.75 Å². The molecule has 4 aromatic rings. The predicted molar refractivity (Wildman–Crippen MR) is 109 cm³/mol. The van der Waals surface area contributed by atoms with Gasteiger partial charge in [0.15, 0.2) is 0 Å². The van der Waals surface area contributed by atoms with Gasteiger partial charge in [-0.15, -0.1) is 0 Å². The number of primary amides is 1. The van der Waals surface area contributed by atoms with E-state index >= 15 is 0 Å². The number of nitrogens with one attached hydrogen (secondary N) is 1. The van der Waals surface area contributed by atoms with Gasteiger partial charge in [-0.25, -0.2) is 9.97 Å². The van der Waals surface area contributed by atoms with Crippen molar-refractivity contribution in [2.45, 2.75) is 6.61 Å². The van der Waals surface area contributed by atoms with Gasteiger partial charge in [-0.1, -0.05) is 42.5 Å². The maximum atomic E-state index is 11.5. The molecule has 1 amide bonds. The number of amides is 1. The molecule has 0 spiro atoms. The van der Waals surface area contributed by atoms with Gasteiger partial charge in [0.1, 0.15) is 18.2 Å². The van der Waals surface area contributed by atoms with E-state index in [1.54, 1.807) is 0 Å². The lowest BCUT2D eigenvalue weighted by atomic mass is 10.2. The lowest BCUT2D eigenvalue weighted by Gasteiger charge is -2.11. The van der Waals surface area contributed by atoms with Crippen LogP contribution in [-0.4, -0.2) is 15.9 Å². The second kappa shape index (κ2) is 7.75. The quantitative estimate of drug-likeness (QED) is 0.534. The maximum absolute atomic E-state index is 11.5. The molecule has 0 fully saturated rings. The first-order valence-electron chi connectivity index (χ1n) is 8.79. The zero-order valence-electron chi connectivity index (χ0n) is 15.0. The minimum atomic E-state index is -0.668. The summed E-state index contributed by atoms with van der Waals surface area (Å²) < 4.78 is 5.80. The fourth-order valence-corrected chi connectivity index (χ4v) is 2.79. The Hall–Kier alpha value is -3.93. The molecule has 1 heterocycles. The van der Waals surface area contributed by atoms with Gasteiger partial charge in [-0.2, -0.15) is 0 Å². The number of hydrogen-bond acceptors (Lipinski definition) is 5. The van der Waals surface area contributed by atoms with Crippen LogP contribution in [0.4, 0.5) is 11.5 Å². The Morgan fingerprint density at radius 3 is 2.36 bits per heavy atom. The van der Waals surface area contributed by atoms with Gasteiger partial charge in [0.25, 0.3) is 5.91 Å². The Morgan fingerprint density at radius 2 is 1.61 bits per heavy atom. The van der Waals surface area contributed by atoms with Gasteiger partial charge in [-0.3, -0.25) is 4.79 Å². The number of nitrogens with two attached hydrogens (primary N) is 1. The summed E-state index contributed by atoms with van der Waals surface area (Å²) in [7, 11) is 0. The van der Waals surface area contributed by atoms with Crippen molar-refractivity contribution in [3.05, 3.63) is 90.3 Å². The second-order valence-electron chi connectivity index (χ2n) is 6.20. The first-order chi connectivity index (χ1) is 13.7. The monoisotopic (exact) mass is 370 g/mol. The van der Waals surface area contributed by atoms with Crippen LogP contribution in [0.25, 0.3) is 10.9 Å². The number of hydrogen-bond donors (Lipinski definition) is 2. The van der Waals surface area contributed by atoms with Crippen LogP contribution in [0, 0.1) is 0 Å². The number of fused-ring (bicyclic) bond motifs is 1. The van der Waals surface area contributed by atoms with Crippen LogP contribution in [0.15, 0.2) is 78.9 Å². The zero-order valence-corrected chi connectivity index (χ0v) is 15.0. The Kier molecular flexibility index (Phi) is 4.84. The van der Waals surface area contributed by atoms with E-state index in [0.717, 1.165) is 22.4 Å². The van der Waals surface area contributed by atoms with Crippen molar-refractivity contribution in [3.63, 3.8) is 0 Å². The second-order valence-corrected chi connectivity index (χ2v) is 6.20. The summed E-state index contributed by atoms with van der Waals surface area (Å²) in [5.74, 6) is 0.597. The lowest BCUT2D eigenvalue weighted by molar-refractivity contribution is 0.0991. The first-order valence-corrected chi connectivity index (χ1v) is 8.79. The third-order valence-electron chi connectivity index (χ3n) is 4.19. The smallest absolute Gasteiger partial charge is 0.286 e. The van der Waals surface area contributed by atoms with E-state index in [-0.39, 0.29) is 5.82 Å². The third-order valence-corrected chi connectivity index (χ3v) is 4.19. The molecule has 1 aromatic heterocycles. The van der Waals surface area contributed by atoms with E-state index in [1.165, 1.54) is 0 Å². The highest BCUT2D eigenvalue weighted by atomic mass is 16.5. The molecule has 3 aromatic carbocycles. The molecule has 0 bridgehead atoms. The SMILES string of the molecule is NC(=O)c1nc(Nc2ccc(OCc3ccccc3)cc2)c2ccccc2n1. The molecule has 0 atom stereocenters. The van der Waals surface area contributed by atoms with Crippen LogP contribution in [-0.2, 0) is 6.61 Å². The number of para-hydroxylation sites is 1. The molecule has 4 rings (SSSR count). The highest BCUT2D eigenvalue weighted by Gasteiger charge is 2.11. The van der Waals surface area contributed by atoms with Crippen molar-refractivity contribution in [1.29, 1.82) is 0 Å². The minimum absolute atomic E-state index is 0.0241. The number of carbonyl (C=O) groups is 1. The van der Waals surface area contributed by atoms with Crippen molar-refractivity contribution in [2.24, 2.45) is 5.73 Å². The molecule has 0 unspecified atom stereocenters. The van der Waals surface area contributed by atoms with E-state index in [9.17, 15) is 4.79 Å². The molecule has 0 aliphatic heterocycles. The summed E-state index contributed by atoms with van der Waals surface area (Å²) in [6.07, 6.45) is 0. The molecule has 6 nitrogen and oxygen atoms in total. The van der Waals surface area contributed by atoms with E-state index in [2.05, 4.69) is 15.3 Å². The number of benzene rings is 3. The Morgan fingerprint density at radius 1 is 0.893 bits per heavy atom. The molecule has 138 valence electrons. The van der Waals surface area contributed by atoms with Crippen LogP contribution in [0.1, 0.15) is 16.2 Å². The van der Waals surface area contributed by atoms with Gasteiger partial charge < -0.3 is 15.8 Å². The molecule has 28 heavy (non-hydrogen) atoms. The Bertz CT molecular complexity index is 1110. The fourth-order valence-electron chi connectivity index (χ4n) is 2.79. The van der Waals surface area contributed by atoms with Crippen molar-refractivity contribution in [1.82, 2.24) is 9.97 Å². The number of aromatic nitrogens is 2. The number of nitrogens with zero attached hydrogens (tertiary/aromatic N) is 2. The number of rotatable bonds is 6. The van der Waals surface area contributed by atoms with Gasteiger partial charge in [-0.05, 0) is 42.0 Å². The Balaban J connectivity index is 1.53.